The number of hydrogen-bond donors (Lipinski definition) is 0. The Hall–Kier alpha value is -1.54. The fraction of sp³-hybridized carbons (Fsp3) is 0.294. The van der Waals surface area contributed by atoms with Crippen molar-refractivity contribution in [3.8, 4) is 5.75 Å². The number of carbonyl (C=O) groups is 1. The van der Waals surface area contributed by atoms with Crippen molar-refractivity contribution in [1.82, 2.24) is 0 Å². The van der Waals surface area contributed by atoms with Gasteiger partial charge in [-0.25, -0.2) is 16.1 Å². The van der Waals surface area contributed by atoms with Crippen LogP contribution >= 0.6 is 11.3 Å². The average Bonchev–Trinajstić information content (AvgIpc) is 2.96. The van der Waals surface area contributed by atoms with E-state index in [0.29, 0.717) is 0 Å². The maximum atomic E-state index is 12.5. The van der Waals surface area contributed by atoms with E-state index in [2.05, 4.69) is 0 Å². The van der Waals surface area contributed by atoms with E-state index in [1.165, 1.54) is 4.90 Å². The van der Waals surface area contributed by atoms with Gasteiger partial charge in [-0.2, -0.15) is 11.6 Å². The summed E-state index contributed by atoms with van der Waals surface area (Å²) in [5.41, 5.74) is 1.12. The molecule has 0 bridgehead atoms. The van der Waals surface area contributed by atoms with E-state index in [0.717, 1.165) is 17.0 Å². The van der Waals surface area contributed by atoms with E-state index >= 15 is 0 Å². The van der Waals surface area contributed by atoms with Crippen LogP contribution in [0.15, 0.2) is 41.1 Å². The van der Waals surface area contributed by atoms with Crippen LogP contribution in [0, 0.1) is 6.54 Å². The summed E-state index contributed by atoms with van der Waals surface area (Å²) in [6, 6.07) is 9.23. The van der Waals surface area contributed by atoms with Crippen LogP contribution in [-0.4, -0.2) is 18.8 Å². The third-order valence-electron chi connectivity index (χ3n) is 2.76. The Bertz CT molecular complexity index is 606. The molecule has 0 atom stereocenters. The number of carbonyl (C=O) groups excluding carboxylic acids is 1. The van der Waals surface area contributed by atoms with Crippen molar-refractivity contribution in [2.75, 3.05) is 12.0 Å². The molecular weight excluding hydrogens is 305 g/mol. The van der Waals surface area contributed by atoms with Crippen LogP contribution in [-0.2, 0) is 4.74 Å². The molecule has 0 aliphatic carbocycles. The Morgan fingerprint density at radius 2 is 1.83 bits per heavy atom. The zero-order valence-electron chi connectivity index (χ0n) is 14.2. The number of anilines is 1. The zero-order valence-corrected chi connectivity index (χ0v) is 15.0. The van der Waals surface area contributed by atoms with E-state index in [1.807, 2.05) is 61.9 Å². The van der Waals surface area contributed by atoms with Crippen molar-refractivity contribution in [3.63, 3.8) is 0 Å². The maximum absolute atomic E-state index is 12.5. The largest absolute Gasteiger partial charge is 1.00 e. The number of methoxy groups -OCH3 is 1. The molecule has 0 fully saturated rings. The smallest absolute Gasteiger partial charge is 0.497 e. The Balaban J connectivity index is 0.00000264. The van der Waals surface area contributed by atoms with Crippen LogP contribution < -0.4 is 28.5 Å². The summed E-state index contributed by atoms with van der Waals surface area (Å²) in [5, 5.41) is 3.94. The first-order chi connectivity index (χ1) is 10.4. The Labute approximate surface area is 153 Å². The van der Waals surface area contributed by atoms with Crippen LogP contribution in [0.1, 0.15) is 26.3 Å². The number of thiophene rings is 1. The van der Waals surface area contributed by atoms with Gasteiger partial charge in [0, 0.05) is 5.69 Å². The maximum Gasteiger partial charge on any atom is 1.00 e. The molecule has 0 radical (unpaired) electrons. The predicted molar refractivity (Wildman–Crippen MR) is 89.4 cm³/mol. The number of amides is 1. The minimum atomic E-state index is -0.551. The molecule has 6 heteroatoms. The number of ether oxygens (including phenoxy) is 2. The first kappa shape index (κ1) is 19.5. The fourth-order valence-electron chi connectivity index (χ4n) is 1.78. The van der Waals surface area contributed by atoms with Crippen LogP contribution in [0.5, 0.6) is 5.75 Å². The standard InChI is InChI=1S/C17H20NO3S.Li/c1-17(2,3)21-16(19)18(11-13-9-10-22-12-13)14-5-7-15(20-4)8-6-14;/h5-12H,1-4H3;/q-1;+1. The number of rotatable bonds is 4. The van der Waals surface area contributed by atoms with Crippen LogP contribution in [0.2, 0.25) is 0 Å². The molecule has 4 nitrogen and oxygen atoms in total. The van der Waals surface area contributed by atoms with E-state index in [-0.39, 0.29) is 18.9 Å². The van der Waals surface area contributed by atoms with Gasteiger partial charge in [-0.15, -0.1) is 5.38 Å². The van der Waals surface area contributed by atoms with Crippen molar-refractivity contribution >= 4 is 23.1 Å². The second-order valence-corrected chi connectivity index (χ2v) is 6.51. The van der Waals surface area contributed by atoms with Crippen molar-refractivity contribution in [2.45, 2.75) is 26.4 Å². The van der Waals surface area contributed by atoms with Crippen LogP contribution in [0.25, 0.3) is 0 Å². The van der Waals surface area contributed by atoms with Gasteiger partial charge in [0.25, 0.3) is 0 Å². The SMILES string of the molecule is COc1ccc(N([CH-]c2ccsc2)C(=O)OC(C)(C)C)cc1.[Li+]. The summed E-state index contributed by atoms with van der Waals surface area (Å²) in [5.74, 6) is 0.739. The number of benzene rings is 1. The third kappa shape index (κ3) is 5.87. The van der Waals surface area contributed by atoms with Gasteiger partial charge in [0.05, 0.1) is 7.11 Å². The molecule has 0 spiro atoms. The molecule has 0 saturated carbocycles. The van der Waals surface area contributed by atoms with Crippen molar-refractivity contribution in [3.05, 3.63) is 53.2 Å². The number of nitrogens with zero attached hydrogens (tertiary/aromatic N) is 1. The summed E-state index contributed by atoms with van der Waals surface area (Å²) < 4.78 is 10.6. The summed E-state index contributed by atoms with van der Waals surface area (Å²) in [4.78, 5) is 14.0. The summed E-state index contributed by atoms with van der Waals surface area (Å²) >= 11 is 1.58. The fourth-order valence-corrected chi connectivity index (χ4v) is 2.39. The molecule has 2 aromatic rings. The number of hydrogen-bond acceptors (Lipinski definition) is 4. The van der Waals surface area contributed by atoms with Gasteiger partial charge in [0.1, 0.15) is 11.4 Å². The van der Waals surface area contributed by atoms with Gasteiger partial charge in [0.2, 0.25) is 0 Å². The molecular formula is C17H20LiNO3S. The van der Waals surface area contributed by atoms with E-state index in [9.17, 15) is 4.79 Å². The molecule has 1 aromatic heterocycles. The predicted octanol–water partition coefficient (Wildman–Crippen LogP) is 1.71. The van der Waals surface area contributed by atoms with Gasteiger partial charge < -0.3 is 14.4 Å². The molecule has 0 N–H and O–H groups in total. The molecule has 118 valence electrons. The van der Waals surface area contributed by atoms with Gasteiger partial charge in [-0.05, 0) is 45.0 Å². The molecule has 0 unspecified atom stereocenters. The minimum Gasteiger partial charge on any atom is -0.497 e. The van der Waals surface area contributed by atoms with Gasteiger partial charge in [-0.3, -0.25) is 0 Å². The van der Waals surface area contributed by atoms with Gasteiger partial charge >= 0.3 is 25.0 Å². The van der Waals surface area contributed by atoms with Crippen molar-refractivity contribution < 1.29 is 33.1 Å². The molecule has 0 aliphatic heterocycles. The van der Waals surface area contributed by atoms with Crippen LogP contribution in [0.3, 0.4) is 0 Å². The average molecular weight is 325 g/mol. The topological polar surface area (TPSA) is 38.8 Å². The zero-order chi connectivity index (χ0) is 16.2. The van der Waals surface area contributed by atoms with Crippen molar-refractivity contribution in [2.24, 2.45) is 0 Å². The molecule has 0 saturated heterocycles. The summed E-state index contributed by atoms with van der Waals surface area (Å²) in [6.45, 7) is 7.32. The van der Waals surface area contributed by atoms with Gasteiger partial charge in [0.15, 0.2) is 0 Å². The van der Waals surface area contributed by atoms with E-state index < -0.39 is 11.7 Å². The van der Waals surface area contributed by atoms with E-state index in [4.69, 9.17) is 9.47 Å². The third-order valence-corrected chi connectivity index (χ3v) is 3.46. The normalized spacial score (nSPS) is 10.4. The van der Waals surface area contributed by atoms with Crippen molar-refractivity contribution in [1.29, 1.82) is 0 Å². The Kier molecular flexibility index (Phi) is 7.08. The molecule has 1 heterocycles. The van der Waals surface area contributed by atoms with E-state index in [1.54, 1.807) is 25.0 Å². The molecule has 23 heavy (non-hydrogen) atoms. The molecule has 0 aliphatic rings. The quantitative estimate of drug-likeness (QED) is 0.635. The molecule has 1 amide bonds. The molecule has 2 rings (SSSR count). The second kappa shape index (κ2) is 8.35. The van der Waals surface area contributed by atoms with Crippen LogP contribution in [0.4, 0.5) is 10.5 Å². The van der Waals surface area contributed by atoms with Gasteiger partial charge in [-0.1, -0.05) is 11.9 Å². The Morgan fingerprint density at radius 1 is 1.17 bits per heavy atom. The molecule has 1 aromatic carbocycles. The monoisotopic (exact) mass is 325 g/mol. The summed E-state index contributed by atoms with van der Waals surface area (Å²) in [6.07, 6.45) is -0.413. The second-order valence-electron chi connectivity index (χ2n) is 5.73. The minimum absolute atomic E-state index is 0. The summed E-state index contributed by atoms with van der Waals surface area (Å²) in [7, 11) is 1.61. The first-order valence-electron chi connectivity index (χ1n) is 6.92. The Morgan fingerprint density at radius 3 is 2.30 bits per heavy atom. The first-order valence-corrected chi connectivity index (χ1v) is 7.87.